The Morgan fingerprint density at radius 1 is 1.20 bits per heavy atom. The van der Waals surface area contributed by atoms with Crippen LogP contribution in [0.1, 0.15) is 32.1 Å². The van der Waals surface area contributed by atoms with E-state index in [0.29, 0.717) is 0 Å². The van der Waals surface area contributed by atoms with E-state index in [1.54, 1.807) is 0 Å². The van der Waals surface area contributed by atoms with Gasteiger partial charge in [-0.05, 0) is 25.0 Å². The van der Waals surface area contributed by atoms with Crippen LogP contribution < -0.4 is 0 Å². The third kappa shape index (κ3) is 3.20. The fraction of sp³-hybridized carbons (Fsp3) is 1.00. The van der Waals surface area contributed by atoms with Crippen molar-refractivity contribution in [1.82, 2.24) is 0 Å². The van der Waals surface area contributed by atoms with Gasteiger partial charge in [0.05, 0.1) is 0 Å². The monoisotopic (exact) mass is 176 g/mol. The molecule has 0 aromatic rings. The highest BCUT2D eigenvalue weighted by Gasteiger charge is 2.12. The van der Waals surface area contributed by atoms with Crippen LogP contribution >= 0.6 is 21.6 Å². The van der Waals surface area contributed by atoms with Gasteiger partial charge in [0.1, 0.15) is 0 Å². The molecular formula is C8H16S2. The van der Waals surface area contributed by atoms with Crippen molar-refractivity contribution in [1.29, 1.82) is 0 Å². The summed E-state index contributed by atoms with van der Waals surface area (Å²) in [6.07, 6.45) is 9.62. The van der Waals surface area contributed by atoms with E-state index >= 15 is 0 Å². The first-order chi connectivity index (χ1) is 4.93. The minimum absolute atomic E-state index is 1.05. The molecule has 1 fully saturated rings. The van der Waals surface area contributed by atoms with Crippen LogP contribution in [-0.4, -0.2) is 12.0 Å². The molecule has 0 unspecified atom stereocenters. The van der Waals surface area contributed by atoms with Crippen molar-refractivity contribution in [3.8, 4) is 0 Å². The van der Waals surface area contributed by atoms with Crippen molar-refractivity contribution in [3.05, 3.63) is 0 Å². The van der Waals surface area contributed by atoms with E-state index in [2.05, 4.69) is 6.26 Å². The summed E-state index contributed by atoms with van der Waals surface area (Å²) < 4.78 is 0. The molecule has 0 radical (unpaired) electrons. The summed E-state index contributed by atoms with van der Waals surface area (Å²) in [6, 6.07) is 0. The zero-order chi connectivity index (χ0) is 7.23. The second-order valence-corrected chi connectivity index (χ2v) is 5.56. The van der Waals surface area contributed by atoms with Gasteiger partial charge in [0.15, 0.2) is 0 Å². The van der Waals surface area contributed by atoms with Gasteiger partial charge >= 0.3 is 0 Å². The van der Waals surface area contributed by atoms with E-state index in [4.69, 9.17) is 0 Å². The number of hydrogen-bond acceptors (Lipinski definition) is 2. The Bertz CT molecular complexity index is 77.3. The maximum absolute atomic E-state index is 2.17. The van der Waals surface area contributed by atoms with E-state index in [0.717, 1.165) is 5.92 Å². The SMILES string of the molecule is CSSCC1CCCCC1. The van der Waals surface area contributed by atoms with Crippen molar-refractivity contribution >= 4 is 21.6 Å². The molecule has 0 saturated heterocycles. The Kier molecular flexibility index (Phi) is 4.72. The van der Waals surface area contributed by atoms with Crippen LogP contribution in [0.5, 0.6) is 0 Å². The lowest BCUT2D eigenvalue weighted by Gasteiger charge is -2.20. The van der Waals surface area contributed by atoms with Crippen LogP contribution in [0.3, 0.4) is 0 Å². The molecule has 10 heavy (non-hydrogen) atoms. The molecule has 0 aromatic heterocycles. The standard InChI is InChI=1S/C8H16S2/c1-9-10-7-8-5-3-2-4-6-8/h8H,2-7H2,1H3. The second-order valence-electron chi connectivity index (χ2n) is 2.96. The fourth-order valence-electron chi connectivity index (χ4n) is 1.52. The molecule has 1 aliphatic rings. The molecule has 60 valence electrons. The Labute approximate surface area is 71.9 Å². The molecule has 0 aliphatic heterocycles. The highest BCUT2D eigenvalue weighted by atomic mass is 33.1. The molecule has 0 nitrogen and oxygen atoms in total. The molecular weight excluding hydrogens is 160 g/mol. The molecule has 1 saturated carbocycles. The summed E-state index contributed by atoms with van der Waals surface area (Å²) >= 11 is 0. The minimum atomic E-state index is 1.05. The Morgan fingerprint density at radius 2 is 1.90 bits per heavy atom. The second kappa shape index (κ2) is 5.36. The molecule has 2 heteroatoms. The molecule has 1 rings (SSSR count). The lowest BCUT2D eigenvalue weighted by molar-refractivity contribution is 0.391. The molecule has 0 atom stereocenters. The summed E-state index contributed by atoms with van der Waals surface area (Å²) in [5.74, 6) is 2.44. The van der Waals surface area contributed by atoms with Crippen LogP contribution in [0.2, 0.25) is 0 Å². The largest absolute Gasteiger partial charge is 0.0976 e. The van der Waals surface area contributed by atoms with Crippen molar-refractivity contribution in [2.24, 2.45) is 5.92 Å². The third-order valence-corrected chi connectivity index (χ3v) is 4.10. The normalized spacial score (nSPS) is 21.3. The van der Waals surface area contributed by atoms with Gasteiger partial charge in [0.2, 0.25) is 0 Å². The Balaban J connectivity index is 2.02. The lowest BCUT2D eigenvalue weighted by atomic mass is 9.91. The molecule has 1 aliphatic carbocycles. The summed E-state index contributed by atoms with van der Waals surface area (Å²) in [7, 11) is 3.94. The van der Waals surface area contributed by atoms with Crippen LogP contribution in [0, 0.1) is 5.92 Å². The van der Waals surface area contributed by atoms with Crippen molar-refractivity contribution in [3.63, 3.8) is 0 Å². The highest BCUT2D eigenvalue weighted by molar-refractivity contribution is 8.76. The van der Waals surface area contributed by atoms with Crippen LogP contribution in [-0.2, 0) is 0 Å². The maximum Gasteiger partial charge on any atom is 0.00652 e. The summed E-state index contributed by atoms with van der Waals surface area (Å²) in [5.41, 5.74) is 0. The highest BCUT2D eigenvalue weighted by Crippen LogP contribution is 2.30. The third-order valence-electron chi connectivity index (χ3n) is 2.15. The van der Waals surface area contributed by atoms with E-state index in [-0.39, 0.29) is 0 Å². The first-order valence-corrected chi connectivity index (χ1v) is 6.82. The van der Waals surface area contributed by atoms with Crippen molar-refractivity contribution in [2.45, 2.75) is 32.1 Å². The zero-order valence-corrected chi connectivity index (χ0v) is 8.27. The van der Waals surface area contributed by atoms with E-state index in [1.807, 2.05) is 21.6 Å². The maximum atomic E-state index is 2.17. The van der Waals surface area contributed by atoms with E-state index in [9.17, 15) is 0 Å². The van der Waals surface area contributed by atoms with Crippen LogP contribution in [0.25, 0.3) is 0 Å². The quantitative estimate of drug-likeness (QED) is 0.603. The summed E-state index contributed by atoms with van der Waals surface area (Å²) in [6.45, 7) is 0. The molecule has 0 N–H and O–H groups in total. The molecule has 0 bridgehead atoms. The predicted octanol–water partition coefficient (Wildman–Crippen LogP) is 3.58. The van der Waals surface area contributed by atoms with E-state index in [1.165, 1.54) is 37.9 Å². The van der Waals surface area contributed by atoms with Gasteiger partial charge in [0, 0.05) is 5.75 Å². The van der Waals surface area contributed by atoms with Crippen LogP contribution in [0.4, 0.5) is 0 Å². The Morgan fingerprint density at radius 3 is 2.50 bits per heavy atom. The first-order valence-electron chi connectivity index (χ1n) is 4.09. The van der Waals surface area contributed by atoms with Gasteiger partial charge in [-0.15, -0.1) is 0 Å². The molecule has 0 heterocycles. The van der Waals surface area contributed by atoms with Gasteiger partial charge in [-0.3, -0.25) is 0 Å². The molecule has 0 aromatic carbocycles. The average molecular weight is 176 g/mol. The zero-order valence-electron chi connectivity index (χ0n) is 6.64. The minimum Gasteiger partial charge on any atom is -0.0976 e. The van der Waals surface area contributed by atoms with Crippen molar-refractivity contribution < 1.29 is 0 Å². The van der Waals surface area contributed by atoms with Gasteiger partial charge < -0.3 is 0 Å². The smallest absolute Gasteiger partial charge is 0.00652 e. The number of rotatable bonds is 3. The topological polar surface area (TPSA) is 0 Å². The fourth-order valence-corrected chi connectivity index (χ4v) is 3.17. The van der Waals surface area contributed by atoms with Gasteiger partial charge in [-0.2, -0.15) is 0 Å². The first kappa shape index (κ1) is 8.79. The van der Waals surface area contributed by atoms with E-state index < -0.39 is 0 Å². The summed E-state index contributed by atoms with van der Waals surface area (Å²) in [5, 5.41) is 0. The number of hydrogen-bond donors (Lipinski definition) is 0. The molecule has 0 spiro atoms. The predicted molar refractivity (Wildman–Crippen MR) is 52.5 cm³/mol. The van der Waals surface area contributed by atoms with Gasteiger partial charge in [-0.25, -0.2) is 0 Å². The molecule has 0 amide bonds. The van der Waals surface area contributed by atoms with Gasteiger partial charge in [-0.1, -0.05) is 40.9 Å². The lowest BCUT2D eigenvalue weighted by Crippen LogP contribution is -2.07. The summed E-state index contributed by atoms with van der Waals surface area (Å²) in [4.78, 5) is 0. The van der Waals surface area contributed by atoms with Gasteiger partial charge in [0.25, 0.3) is 0 Å². The van der Waals surface area contributed by atoms with Crippen LogP contribution in [0.15, 0.2) is 0 Å². The van der Waals surface area contributed by atoms with Crippen molar-refractivity contribution in [2.75, 3.05) is 12.0 Å². The average Bonchev–Trinajstić information content (AvgIpc) is 2.03. The Hall–Kier alpha value is 0.700.